The molecule has 0 spiro atoms. The molecule has 21 heavy (non-hydrogen) atoms. The lowest BCUT2D eigenvalue weighted by Gasteiger charge is -2.20. The maximum atomic E-state index is 11.9. The lowest BCUT2D eigenvalue weighted by Crippen LogP contribution is -2.45. The second kappa shape index (κ2) is 7.85. The molecule has 0 unspecified atom stereocenters. The van der Waals surface area contributed by atoms with E-state index in [0.29, 0.717) is 5.75 Å². The summed E-state index contributed by atoms with van der Waals surface area (Å²) < 4.78 is 5.36. The third-order valence-corrected chi connectivity index (χ3v) is 2.59. The molecule has 0 aliphatic carbocycles. The topological polar surface area (TPSA) is 142 Å². The fourth-order valence-corrected chi connectivity index (χ4v) is 1.65. The summed E-state index contributed by atoms with van der Waals surface area (Å²) in [7, 11) is 0. The standard InChI is InChI=1S/C13H18N4O4/c14-5-9-3-1-2-4-10(9)21-8-13(20)17(6-11(15)18)7-12(16)19/h1-4H,5-8,14H2,(H2,15,18)(H2,16,19). The summed E-state index contributed by atoms with van der Waals surface area (Å²) in [5, 5.41) is 0. The summed E-state index contributed by atoms with van der Waals surface area (Å²) in [5.74, 6) is -1.59. The maximum Gasteiger partial charge on any atom is 0.261 e. The van der Waals surface area contributed by atoms with Crippen molar-refractivity contribution in [3.8, 4) is 5.75 Å². The van der Waals surface area contributed by atoms with Gasteiger partial charge in [-0.3, -0.25) is 14.4 Å². The zero-order chi connectivity index (χ0) is 15.8. The van der Waals surface area contributed by atoms with Crippen LogP contribution in [0.15, 0.2) is 24.3 Å². The quantitative estimate of drug-likeness (QED) is 0.525. The second-order valence-corrected chi connectivity index (χ2v) is 4.28. The number of nitrogens with two attached hydrogens (primary N) is 3. The third kappa shape index (κ3) is 5.49. The SMILES string of the molecule is NCc1ccccc1OCC(=O)N(CC(N)=O)CC(N)=O. The minimum atomic E-state index is -0.744. The Morgan fingerprint density at radius 2 is 1.62 bits per heavy atom. The summed E-state index contributed by atoms with van der Waals surface area (Å²) in [5.41, 5.74) is 16.3. The number of hydrogen-bond acceptors (Lipinski definition) is 5. The first-order chi connectivity index (χ1) is 9.93. The predicted octanol–water partition coefficient (Wildman–Crippen LogP) is -1.68. The summed E-state index contributed by atoms with van der Waals surface area (Å²) in [6.45, 7) is -0.887. The van der Waals surface area contributed by atoms with Crippen LogP contribution in [0.2, 0.25) is 0 Å². The Morgan fingerprint density at radius 3 is 2.14 bits per heavy atom. The monoisotopic (exact) mass is 294 g/mol. The van der Waals surface area contributed by atoms with Crippen LogP contribution >= 0.6 is 0 Å². The van der Waals surface area contributed by atoms with Crippen molar-refractivity contribution in [2.45, 2.75) is 6.54 Å². The van der Waals surface area contributed by atoms with E-state index in [2.05, 4.69) is 0 Å². The Kier molecular flexibility index (Phi) is 6.15. The summed E-state index contributed by atoms with van der Waals surface area (Å²) in [4.78, 5) is 34.7. The van der Waals surface area contributed by atoms with Crippen molar-refractivity contribution in [3.05, 3.63) is 29.8 Å². The van der Waals surface area contributed by atoms with E-state index in [-0.39, 0.29) is 13.2 Å². The number of ether oxygens (including phenoxy) is 1. The van der Waals surface area contributed by atoms with Crippen molar-refractivity contribution in [1.29, 1.82) is 0 Å². The van der Waals surface area contributed by atoms with Crippen LogP contribution < -0.4 is 21.9 Å². The second-order valence-electron chi connectivity index (χ2n) is 4.28. The zero-order valence-electron chi connectivity index (χ0n) is 11.5. The molecule has 0 saturated carbocycles. The molecule has 0 saturated heterocycles. The van der Waals surface area contributed by atoms with E-state index in [1.807, 2.05) is 0 Å². The molecule has 0 aromatic heterocycles. The average Bonchev–Trinajstić information content (AvgIpc) is 2.43. The molecule has 0 radical (unpaired) electrons. The number of benzene rings is 1. The van der Waals surface area contributed by atoms with Gasteiger partial charge in [0.2, 0.25) is 11.8 Å². The molecular weight excluding hydrogens is 276 g/mol. The van der Waals surface area contributed by atoms with Gasteiger partial charge in [-0.2, -0.15) is 0 Å². The van der Waals surface area contributed by atoms with E-state index in [4.69, 9.17) is 21.9 Å². The largest absolute Gasteiger partial charge is 0.483 e. The van der Waals surface area contributed by atoms with E-state index in [1.54, 1.807) is 24.3 Å². The number of primary amides is 2. The first-order valence-corrected chi connectivity index (χ1v) is 6.19. The van der Waals surface area contributed by atoms with Crippen molar-refractivity contribution >= 4 is 17.7 Å². The Morgan fingerprint density at radius 1 is 1.05 bits per heavy atom. The Balaban J connectivity index is 2.68. The highest BCUT2D eigenvalue weighted by atomic mass is 16.5. The number of amides is 3. The van der Waals surface area contributed by atoms with E-state index >= 15 is 0 Å². The Hall–Kier alpha value is -2.61. The fraction of sp³-hybridized carbons (Fsp3) is 0.308. The fourth-order valence-electron chi connectivity index (χ4n) is 1.65. The first kappa shape index (κ1) is 16.4. The molecule has 1 rings (SSSR count). The van der Waals surface area contributed by atoms with Crippen molar-refractivity contribution in [1.82, 2.24) is 4.90 Å². The Bertz CT molecular complexity index is 517. The average molecular weight is 294 g/mol. The lowest BCUT2D eigenvalue weighted by atomic mass is 10.2. The van der Waals surface area contributed by atoms with Crippen molar-refractivity contribution < 1.29 is 19.1 Å². The van der Waals surface area contributed by atoms with E-state index in [9.17, 15) is 14.4 Å². The van der Waals surface area contributed by atoms with Gasteiger partial charge >= 0.3 is 0 Å². The molecule has 0 fully saturated rings. The first-order valence-electron chi connectivity index (χ1n) is 6.19. The Labute approximate surface area is 121 Å². The van der Waals surface area contributed by atoms with Gasteiger partial charge in [-0.1, -0.05) is 18.2 Å². The molecule has 8 heteroatoms. The van der Waals surface area contributed by atoms with Crippen LogP contribution in [0.25, 0.3) is 0 Å². The zero-order valence-corrected chi connectivity index (χ0v) is 11.5. The minimum absolute atomic E-state index is 0.261. The van der Waals surface area contributed by atoms with Crippen LogP contribution in [-0.4, -0.2) is 42.3 Å². The summed E-state index contributed by atoms with van der Waals surface area (Å²) in [6, 6.07) is 6.97. The number of nitrogens with zero attached hydrogens (tertiary/aromatic N) is 1. The van der Waals surface area contributed by atoms with Crippen LogP contribution in [0.4, 0.5) is 0 Å². The van der Waals surface area contributed by atoms with E-state index in [0.717, 1.165) is 10.5 Å². The molecular formula is C13H18N4O4. The van der Waals surface area contributed by atoms with Crippen LogP contribution in [0.3, 0.4) is 0 Å². The molecule has 0 aliphatic rings. The summed E-state index contributed by atoms with van der Waals surface area (Å²) >= 11 is 0. The predicted molar refractivity (Wildman–Crippen MR) is 74.8 cm³/mol. The van der Waals surface area contributed by atoms with Gasteiger partial charge in [-0.25, -0.2) is 0 Å². The maximum absolute atomic E-state index is 11.9. The number of para-hydroxylation sites is 1. The highest BCUT2D eigenvalue weighted by Crippen LogP contribution is 2.16. The third-order valence-electron chi connectivity index (χ3n) is 2.59. The van der Waals surface area contributed by atoms with Gasteiger partial charge in [-0.15, -0.1) is 0 Å². The van der Waals surface area contributed by atoms with Gasteiger partial charge < -0.3 is 26.8 Å². The molecule has 0 bridgehead atoms. The van der Waals surface area contributed by atoms with Crippen molar-refractivity contribution in [2.75, 3.05) is 19.7 Å². The van der Waals surface area contributed by atoms with Gasteiger partial charge in [0.1, 0.15) is 5.75 Å². The molecule has 114 valence electrons. The number of carbonyl (C=O) groups is 3. The van der Waals surface area contributed by atoms with Gasteiger partial charge in [0.15, 0.2) is 6.61 Å². The van der Waals surface area contributed by atoms with E-state index < -0.39 is 30.8 Å². The molecule has 8 nitrogen and oxygen atoms in total. The molecule has 0 heterocycles. The molecule has 0 aliphatic heterocycles. The molecule has 0 atom stereocenters. The highest BCUT2D eigenvalue weighted by molar-refractivity contribution is 5.88. The highest BCUT2D eigenvalue weighted by Gasteiger charge is 2.18. The van der Waals surface area contributed by atoms with Gasteiger partial charge in [0.05, 0.1) is 13.1 Å². The van der Waals surface area contributed by atoms with Crippen LogP contribution in [0.5, 0.6) is 5.75 Å². The van der Waals surface area contributed by atoms with Crippen LogP contribution in [0.1, 0.15) is 5.56 Å². The van der Waals surface area contributed by atoms with Gasteiger partial charge in [0, 0.05) is 12.1 Å². The molecule has 1 aromatic rings. The molecule has 3 amide bonds. The van der Waals surface area contributed by atoms with Crippen molar-refractivity contribution in [2.24, 2.45) is 17.2 Å². The lowest BCUT2D eigenvalue weighted by molar-refractivity contribution is -0.139. The number of carbonyl (C=O) groups excluding carboxylic acids is 3. The van der Waals surface area contributed by atoms with Crippen molar-refractivity contribution in [3.63, 3.8) is 0 Å². The molecule has 1 aromatic carbocycles. The van der Waals surface area contributed by atoms with E-state index in [1.165, 1.54) is 0 Å². The number of rotatable bonds is 8. The number of hydrogen-bond donors (Lipinski definition) is 3. The van der Waals surface area contributed by atoms with Crippen LogP contribution in [0, 0.1) is 0 Å². The minimum Gasteiger partial charge on any atom is -0.483 e. The van der Waals surface area contributed by atoms with Crippen LogP contribution in [-0.2, 0) is 20.9 Å². The van der Waals surface area contributed by atoms with Gasteiger partial charge in [-0.05, 0) is 6.07 Å². The van der Waals surface area contributed by atoms with Gasteiger partial charge in [0.25, 0.3) is 5.91 Å². The molecule has 6 N–H and O–H groups in total. The smallest absolute Gasteiger partial charge is 0.261 e. The summed E-state index contributed by atoms with van der Waals surface area (Å²) in [6.07, 6.45) is 0. The normalized spacial score (nSPS) is 9.95.